The highest BCUT2D eigenvalue weighted by Gasteiger charge is 2.15. The minimum Gasteiger partial charge on any atom is -0.495 e. The molecule has 3 rings (SSSR count). The van der Waals surface area contributed by atoms with Crippen LogP contribution in [0, 0.1) is 6.92 Å². The molecule has 0 saturated heterocycles. The van der Waals surface area contributed by atoms with E-state index in [-0.39, 0.29) is 10.6 Å². The van der Waals surface area contributed by atoms with Gasteiger partial charge in [-0.05, 0) is 49.7 Å². The summed E-state index contributed by atoms with van der Waals surface area (Å²) in [5.41, 5.74) is 2.36. The number of nitrogens with zero attached hydrogens (tertiary/aromatic N) is 2. The summed E-state index contributed by atoms with van der Waals surface area (Å²) in [6, 6.07) is 9.81. The molecule has 8 heteroatoms. The van der Waals surface area contributed by atoms with Crippen LogP contribution in [0.25, 0.3) is 10.2 Å². The lowest BCUT2D eigenvalue weighted by molar-refractivity contribution is 0.0997. The van der Waals surface area contributed by atoms with Crippen molar-refractivity contribution in [2.24, 2.45) is 4.99 Å². The average molecular weight is 419 g/mol. The second kappa shape index (κ2) is 7.89. The van der Waals surface area contributed by atoms with Crippen LogP contribution in [0.2, 0.25) is 0 Å². The number of benzene rings is 2. The molecular formula is C20H22N2O4S2. The third kappa shape index (κ3) is 3.62. The topological polar surface area (TPSA) is 77.7 Å². The number of carbonyl (C=O) groups is 1. The number of fused-ring (bicyclic) bond motifs is 1. The van der Waals surface area contributed by atoms with Crippen LogP contribution >= 0.6 is 11.3 Å². The summed E-state index contributed by atoms with van der Waals surface area (Å²) in [5, 5.41) is 0. The molecule has 0 unspecified atom stereocenters. The molecule has 148 valence electrons. The molecule has 3 aromatic rings. The molecule has 1 heterocycles. The van der Waals surface area contributed by atoms with Gasteiger partial charge >= 0.3 is 0 Å². The molecule has 0 atom stereocenters. The molecule has 0 bridgehead atoms. The lowest BCUT2D eigenvalue weighted by Crippen LogP contribution is -2.16. The number of carbonyl (C=O) groups excluding carboxylic acids is 1. The van der Waals surface area contributed by atoms with Crippen molar-refractivity contribution in [3.8, 4) is 5.75 Å². The molecule has 0 spiro atoms. The predicted octanol–water partition coefficient (Wildman–Crippen LogP) is 3.57. The summed E-state index contributed by atoms with van der Waals surface area (Å²) >= 11 is 1.44. The standard InChI is InChI=1S/C20H22N2O4S2/c1-5-22-17-16(26-4)12-7-13(3)18(17)27-20(22)21-19(23)14-8-10-15(11-9-14)28(24,25)6-2/h7-12H,5-6H2,1-4H3. The van der Waals surface area contributed by atoms with E-state index < -0.39 is 15.7 Å². The Bertz CT molecular complexity index is 1200. The molecule has 1 aromatic heterocycles. The number of ether oxygens (including phenoxy) is 1. The Kier molecular flexibility index (Phi) is 5.71. The number of thiazole rings is 1. The molecule has 0 aliphatic heterocycles. The summed E-state index contributed by atoms with van der Waals surface area (Å²) in [4.78, 5) is 17.8. The van der Waals surface area contributed by atoms with Crippen LogP contribution in [0.4, 0.5) is 0 Å². The first-order chi connectivity index (χ1) is 13.3. The van der Waals surface area contributed by atoms with Gasteiger partial charge in [0.15, 0.2) is 14.6 Å². The Balaban J connectivity index is 2.10. The maximum atomic E-state index is 12.7. The zero-order chi connectivity index (χ0) is 20.5. The van der Waals surface area contributed by atoms with E-state index in [1.807, 2.05) is 30.5 Å². The Hall–Kier alpha value is -2.45. The monoisotopic (exact) mass is 418 g/mol. The number of aromatic nitrogens is 1. The maximum Gasteiger partial charge on any atom is 0.279 e. The fourth-order valence-corrected chi connectivity index (χ4v) is 5.01. The summed E-state index contributed by atoms with van der Waals surface area (Å²) in [7, 11) is -1.68. The van der Waals surface area contributed by atoms with Crippen molar-refractivity contribution in [3.05, 3.63) is 52.3 Å². The van der Waals surface area contributed by atoms with Crippen LogP contribution in [-0.2, 0) is 16.4 Å². The quantitative estimate of drug-likeness (QED) is 0.635. The van der Waals surface area contributed by atoms with Gasteiger partial charge in [0.05, 0.1) is 22.5 Å². The Morgan fingerprint density at radius 3 is 2.39 bits per heavy atom. The number of aryl methyl sites for hydroxylation is 2. The van der Waals surface area contributed by atoms with Gasteiger partial charge in [-0.3, -0.25) is 4.79 Å². The molecule has 0 aliphatic carbocycles. The van der Waals surface area contributed by atoms with E-state index in [9.17, 15) is 13.2 Å². The molecule has 0 aliphatic rings. The lowest BCUT2D eigenvalue weighted by atomic mass is 10.2. The SMILES string of the molecule is CCn1c(=NC(=O)c2ccc(S(=O)(=O)CC)cc2)sc2c(C)ccc(OC)c21. The molecular weight excluding hydrogens is 396 g/mol. The van der Waals surface area contributed by atoms with Crippen molar-refractivity contribution in [1.82, 2.24) is 4.57 Å². The van der Waals surface area contributed by atoms with Gasteiger partial charge in [0, 0.05) is 12.1 Å². The van der Waals surface area contributed by atoms with Crippen LogP contribution in [0.15, 0.2) is 46.3 Å². The molecule has 6 nitrogen and oxygen atoms in total. The van der Waals surface area contributed by atoms with Gasteiger partial charge in [-0.25, -0.2) is 8.42 Å². The minimum atomic E-state index is -3.30. The van der Waals surface area contributed by atoms with Gasteiger partial charge in [0.25, 0.3) is 5.91 Å². The van der Waals surface area contributed by atoms with E-state index in [1.165, 1.54) is 35.6 Å². The van der Waals surface area contributed by atoms with E-state index in [0.717, 1.165) is 21.5 Å². The molecule has 0 radical (unpaired) electrons. The van der Waals surface area contributed by atoms with Crippen molar-refractivity contribution in [3.63, 3.8) is 0 Å². The first-order valence-corrected chi connectivity index (χ1v) is 11.4. The van der Waals surface area contributed by atoms with Crippen LogP contribution in [0.3, 0.4) is 0 Å². The first kappa shape index (κ1) is 20.3. The predicted molar refractivity (Wildman–Crippen MR) is 111 cm³/mol. The molecule has 0 N–H and O–H groups in total. The van der Waals surface area contributed by atoms with Crippen LogP contribution < -0.4 is 9.54 Å². The van der Waals surface area contributed by atoms with E-state index in [0.29, 0.717) is 16.9 Å². The van der Waals surface area contributed by atoms with Gasteiger partial charge < -0.3 is 9.30 Å². The molecule has 0 fully saturated rings. The van der Waals surface area contributed by atoms with E-state index in [4.69, 9.17) is 4.74 Å². The van der Waals surface area contributed by atoms with Gasteiger partial charge in [-0.2, -0.15) is 4.99 Å². The van der Waals surface area contributed by atoms with Crippen LogP contribution in [0.5, 0.6) is 5.75 Å². The average Bonchev–Trinajstić information content (AvgIpc) is 3.07. The highest BCUT2D eigenvalue weighted by Crippen LogP contribution is 2.30. The van der Waals surface area contributed by atoms with Gasteiger partial charge in [-0.15, -0.1) is 0 Å². The number of methoxy groups -OCH3 is 1. The molecule has 0 saturated carbocycles. The Morgan fingerprint density at radius 2 is 1.82 bits per heavy atom. The summed E-state index contributed by atoms with van der Waals surface area (Å²) in [6.45, 7) is 6.23. The highest BCUT2D eigenvalue weighted by molar-refractivity contribution is 7.91. The maximum absolute atomic E-state index is 12.7. The summed E-state index contributed by atoms with van der Waals surface area (Å²) in [5.74, 6) is 0.344. The summed E-state index contributed by atoms with van der Waals surface area (Å²) in [6.07, 6.45) is 0. The number of hydrogen-bond acceptors (Lipinski definition) is 5. The minimum absolute atomic E-state index is 0.0180. The highest BCUT2D eigenvalue weighted by atomic mass is 32.2. The summed E-state index contributed by atoms with van der Waals surface area (Å²) < 4.78 is 32.3. The van der Waals surface area contributed by atoms with E-state index in [1.54, 1.807) is 14.0 Å². The van der Waals surface area contributed by atoms with E-state index >= 15 is 0 Å². The van der Waals surface area contributed by atoms with Gasteiger partial charge in [0.1, 0.15) is 11.3 Å². The van der Waals surface area contributed by atoms with E-state index in [2.05, 4.69) is 4.99 Å². The van der Waals surface area contributed by atoms with Crippen molar-refractivity contribution < 1.29 is 17.9 Å². The zero-order valence-electron chi connectivity index (χ0n) is 16.2. The van der Waals surface area contributed by atoms with Crippen molar-refractivity contribution in [2.75, 3.05) is 12.9 Å². The number of hydrogen-bond donors (Lipinski definition) is 0. The molecule has 1 amide bonds. The number of amides is 1. The second-order valence-corrected chi connectivity index (χ2v) is 9.49. The third-order valence-corrected chi connectivity index (χ3v) is 7.52. The molecule has 28 heavy (non-hydrogen) atoms. The van der Waals surface area contributed by atoms with Crippen molar-refractivity contribution in [1.29, 1.82) is 0 Å². The normalized spacial score (nSPS) is 12.5. The third-order valence-electron chi connectivity index (χ3n) is 4.56. The van der Waals surface area contributed by atoms with Crippen molar-refractivity contribution in [2.45, 2.75) is 32.2 Å². The zero-order valence-corrected chi connectivity index (χ0v) is 17.9. The van der Waals surface area contributed by atoms with Crippen molar-refractivity contribution >= 4 is 37.3 Å². The van der Waals surface area contributed by atoms with Crippen LogP contribution in [0.1, 0.15) is 29.8 Å². The number of sulfone groups is 1. The first-order valence-electron chi connectivity index (χ1n) is 8.91. The molecule has 2 aromatic carbocycles. The Labute approximate surface area is 168 Å². The fourth-order valence-electron chi connectivity index (χ4n) is 2.94. The largest absolute Gasteiger partial charge is 0.495 e. The van der Waals surface area contributed by atoms with Crippen LogP contribution in [-0.4, -0.2) is 31.8 Å². The van der Waals surface area contributed by atoms with Gasteiger partial charge in [-0.1, -0.05) is 24.3 Å². The second-order valence-electron chi connectivity index (χ2n) is 6.24. The van der Waals surface area contributed by atoms with Gasteiger partial charge in [0.2, 0.25) is 0 Å². The smallest absolute Gasteiger partial charge is 0.279 e. The lowest BCUT2D eigenvalue weighted by Gasteiger charge is -2.07. The fraction of sp³-hybridized carbons (Fsp3) is 0.300. The Morgan fingerprint density at radius 1 is 1.14 bits per heavy atom. The number of rotatable bonds is 5.